The predicted octanol–water partition coefficient (Wildman–Crippen LogP) is 3.18. The molecule has 19 heavy (non-hydrogen) atoms. The van der Waals surface area contributed by atoms with E-state index in [1.807, 2.05) is 30.9 Å². The molecule has 2 aromatic rings. The number of aliphatic hydroxyl groups is 1. The van der Waals surface area contributed by atoms with Gasteiger partial charge in [0.2, 0.25) is 0 Å². The van der Waals surface area contributed by atoms with Gasteiger partial charge in [0.1, 0.15) is 5.82 Å². The molecule has 1 aromatic carbocycles. The molecular weight excluding hydrogens is 243 g/mol. The first-order valence-corrected chi connectivity index (χ1v) is 6.25. The fraction of sp³-hybridized carbons (Fsp3) is 0.267. The zero-order valence-corrected chi connectivity index (χ0v) is 11.1. The van der Waals surface area contributed by atoms with Gasteiger partial charge < -0.3 is 10.0 Å². The van der Waals surface area contributed by atoms with Crippen molar-refractivity contribution in [2.24, 2.45) is 0 Å². The minimum Gasteiger partial charge on any atom is -0.392 e. The van der Waals surface area contributed by atoms with Crippen LogP contribution in [0.3, 0.4) is 0 Å². The van der Waals surface area contributed by atoms with Crippen molar-refractivity contribution in [1.29, 1.82) is 0 Å². The van der Waals surface area contributed by atoms with Gasteiger partial charge in [0, 0.05) is 35.4 Å². The SMILES string of the molecule is CCN(c1cccc(F)c1)c1cc(C)ncc1CO. The number of anilines is 2. The van der Waals surface area contributed by atoms with Gasteiger partial charge in [-0.15, -0.1) is 0 Å². The summed E-state index contributed by atoms with van der Waals surface area (Å²) in [6.07, 6.45) is 1.66. The van der Waals surface area contributed by atoms with Crippen LogP contribution in [0.1, 0.15) is 18.2 Å². The summed E-state index contributed by atoms with van der Waals surface area (Å²) < 4.78 is 13.4. The van der Waals surface area contributed by atoms with Gasteiger partial charge in [-0.1, -0.05) is 6.07 Å². The second-order valence-corrected chi connectivity index (χ2v) is 4.34. The largest absolute Gasteiger partial charge is 0.392 e. The zero-order valence-electron chi connectivity index (χ0n) is 11.1. The lowest BCUT2D eigenvalue weighted by Gasteiger charge is -2.25. The molecule has 100 valence electrons. The van der Waals surface area contributed by atoms with Crippen molar-refractivity contribution in [3.05, 3.63) is 53.6 Å². The first kappa shape index (κ1) is 13.5. The standard InChI is InChI=1S/C15H17FN2O/c1-3-18(14-6-4-5-13(16)8-14)15-7-11(2)17-9-12(15)10-19/h4-9,19H,3,10H2,1-2H3. The Balaban J connectivity index is 2.50. The summed E-state index contributed by atoms with van der Waals surface area (Å²) in [5.74, 6) is -0.271. The smallest absolute Gasteiger partial charge is 0.125 e. The number of aliphatic hydroxyl groups excluding tert-OH is 1. The first-order valence-electron chi connectivity index (χ1n) is 6.25. The van der Waals surface area contributed by atoms with Crippen molar-refractivity contribution in [3.63, 3.8) is 0 Å². The number of halogens is 1. The van der Waals surface area contributed by atoms with Crippen molar-refractivity contribution in [3.8, 4) is 0 Å². The molecule has 0 unspecified atom stereocenters. The van der Waals surface area contributed by atoms with E-state index in [0.717, 1.165) is 22.6 Å². The highest BCUT2D eigenvalue weighted by Crippen LogP contribution is 2.29. The van der Waals surface area contributed by atoms with Crippen LogP contribution < -0.4 is 4.90 Å². The van der Waals surface area contributed by atoms with E-state index in [1.54, 1.807) is 12.3 Å². The van der Waals surface area contributed by atoms with Gasteiger partial charge in [0.25, 0.3) is 0 Å². The molecule has 1 aromatic heterocycles. The molecule has 0 spiro atoms. The summed E-state index contributed by atoms with van der Waals surface area (Å²) in [6, 6.07) is 8.34. The van der Waals surface area contributed by atoms with E-state index >= 15 is 0 Å². The van der Waals surface area contributed by atoms with E-state index in [-0.39, 0.29) is 12.4 Å². The number of pyridine rings is 1. The van der Waals surface area contributed by atoms with E-state index in [4.69, 9.17) is 0 Å². The number of aromatic nitrogens is 1. The Kier molecular flexibility index (Phi) is 4.12. The molecule has 0 amide bonds. The molecule has 0 radical (unpaired) electrons. The maximum atomic E-state index is 13.4. The Labute approximate surface area is 112 Å². The Bertz CT molecular complexity index is 572. The van der Waals surface area contributed by atoms with Crippen LogP contribution in [0.2, 0.25) is 0 Å². The number of hydrogen-bond acceptors (Lipinski definition) is 3. The Hall–Kier alpha value is -1.94. The van der Waals surface area contributed by atoms with Crippen LogP contribution >= 0.6 is 0 Å². The predicted molar refractivity (Wildman–Crippen MR) is 74.0 cm³/mol. The summed E-state index contributed by atoms with van der Waals surface area (Å²) in [6.45, 7) is 4.47. The molecule has 1 N–H and O–H groups in total. The van der Waals surface area contributed by atoms with E-state index in [0.29, 0.717) is 6.54 Å². The molecule has 0 atom stereocenters. The van der Waals surface area contributed by atoms with E-state index in [9.17, 15) is 9.50 Å². The number of rotatable bonds is 4. The molecule has 4 heteroatoms. The van der Waals surface area contributed by atoms with Crippen molar-refractivity contribution in [2.45, 2.75) is 20.5 Å². The molecule has 0 saturated carbocycles. The van der Waals surface area contributed by atoms with Gasteiger partial charge >= 0.3 is 0 Å². The summed E-state index contributed by atoms with van der Waals surface area (Å²) in [5.41, 5.74) is 3.23. The number of benzene rings is 1. The van der Waals surface area contributed by atoms with Crippen molar-refractivity contribution < 1.29 is 9.50 Å². The van der Waals surface area contributed by atoms with Crippen molar-refractivity contribution >= 4 is 11.4 Å². The topological polar surface area (TPSA) is 36.4 Å². The molecule has 0 aliphatic rings. The second kappa shape index (κ2) is 5.80. The van der Waals surface area contributed by atoms with Crippen LogP contribution in [0, 0.1) is 12.7 Å². The quantitative estimate of drug-likeness (QED) is 0.917. The normalized spacial score (nSPS) is 10.5. The highest BCUT2D eigenvalue weighted by molar-refractivity contribution is 5.66. The summed E-state index contributed by atoms with van der Waals surface area (Å²) in [4.78, 5) is 6.14. The fourth-order valence-electron chi connectivity index (χ4n) is 2.08. The van der Waals surface area contributed by atoms with Crippen LogP contribution in [-0.2, 0) is 6.61 Å². The average molecular weight is 260 g/mol. The molecule has 0 bridgehead atoms. The molecular formula is C15H17FN2O. The van der Waals surface area contributed by atoms with Gasteiger partial charge in [-0.3, -0.25) is 4.98 Å². The summed E-state index contributed by atoms with van der Waals surface area (Å²) in [7, 11) is 0. The highest BCUT2D eigenvalue weighted by atomic mass is 19.1. The Morgan fingerprint density at radius 1 is 1.32 bits per heavy atom. The average Bonchev–Trinajstić information content (AvgIpc) is 2.40. The summed E-state index contributed by atoms with van der Waals surface area (Å²) >= 11 is 0. The minimum atomic E-state index is -0.271. The third kappa shape index (κ3) is 2.90. The maximum Gasteiger partial charge on any atom is 0.125 e. The van der Waals surface area contributed by atoms with Crippen LogP contribution in [-0.4, -0.2) is 16.6 Å². The molecule has 0 aliphatic carbocycles. The van der Waals surface area contributed by atoms with E-state index in [1.165, 1.54) is 12.1 Å². The third-order valence-electron chi connectivity index (χ3n) is 3.00. The molecule has 0 fully saturated rings. The maximum absolute atomic E-state index is 13.4. The van der Waals surface area contributed by atoms with E-state index in [2.05, 4.69) is 4.98 Å². The van der Waals surface area contributed by atoms with E-state index < -0.39 is 0 Å². The van der Waals surface area contributed by atoms with Gasteiger partial charge in [0.05, 0.1) is 6.61 Å². The van der Waals surface area contributed by atoms with Crippen molar-refractivity contribution in [1.82, 2.24) is 4.98 Å². The van der Waals surface area contributed by atoms with Crippen LogP contribution in [0.4, 0.5) is 15.8 Å². The Morgan fingerprint density at radius 2 is 2.11 bits per heavy atom. The summed E-state index contributed by atoms with van der Waals surface area (Å²) in [5, 5.41) is 9.41. The minimum absolute atomic E-state index is 0.0889. The molecule has 3 nitrogen and oxygen atoms in total. The first-order chi connectivity index (χ1) is 9.15. The zero-order chi connectivity index (χ0) is 13.8. The van der Waals surface area contributed by atoms with Crippen LogP contribution in [0.15, 0.2) is 36.5 Å². The van der Waals surface area contributed by atoms with Gasteiger partial charge in [-0.25, -0.2) is 4.39 Å². The molecule has 0 aliphatic heterocycles. The lowest BCUT2D eigenvalue weighted by molar-refractivity contribution is 0.281. The molecule has 1 heterocycles. The Morgan fingerprint density at radius 3 is 2.74 bits per heavy atom. The van der Waals surface area contributed by atoms with Crippen molar-refractivity contribution in [2.75, 3.05) is 11.4 Å². The lowest BCUT2D eigenvalue weighted by atomic mass is 10.1. The van der Waals surface area contributed by atoms with Gasteiger partial charge in [0.15, 0.2) is 0 Å². The fourth-order valence-corrected chi connectivity index (χ4v) is 2.08. The number of hydrogen-bond donors (Lipinski definition) is 1. The highest BCUT2D eigenvalue weighted by Gasteiger charge is 2.12. The van der Waals surface area contributed by atoms with Crippen LogP contribution in [0.5, 0.6) is 0 Å². The number of aryl methyl sites for hydroxylation is 1. The van der Waals surface area contributed by atoms with Gasteiger partial charge in [-0.2, -0.15) is 0 Å². The third-order valence-corrected chi connectivity index (χ3v) is 3.00. The number of nitrogens with zero attached hydrogens (tertiary/aromatic N) is 2. The monoisotopic (exact) mass is 260 g/mol. The lowest BCUT2D eigenvalue weighted by Crippen LogP contribution is -2.18. The van der Waals surface area contributed by atoms with Gasteiger partial charge in [-0.05, 0) is 38.1 Å². The molecule has 0 saturated heterocycles. The second-order valence-electron chi connectivity index (χ2n) is 4.34. The molecule has 2 rings (SSSR count). The van der Waals surface area contributed by atoms with Crippen LogP contribution in [0.25, 0.3) is 0 Å².